The molecule has 0 radical (unpaired) electrons. The fourth-order valence-corrected chi connectivity index (χ4v) is 2.60. The fourth-order valence-electron chi connectivity index (χ4n) is 2.60. The molecule has 1 heterocycles. The molecule has 0 unspecified atom stereocenters. The van der Waals surface area contributed by atoms with Crippen molar-refractivity contribution in [1.29, 1.82) is 0 Å². The predicted molar refractivity (Wildman–Crippen MR) is 103 cm³/mol. The van der Waals surface area contributed by atoms with Gasteiger partial charge in [-0.3, -0.25) is 4.90 Å². The van der Waals surface area contributed by atoms with Crippen LogP contribution in [0.15, 0.2) is 66.7 Å². The predicted octanol–water partition coefficient (Wildman–Crippen LogP) is 4.78. The molecule has 6 nitrogen and oxygen atoms in total. The van der Waals surface area contributed by atoms with Gasteiger partial charge in [0.25, 0.3) is 0 Å². The average molecular weight is 348 g/mol. The number of carboxylic acid groups (broad SMARTS) is 1. The van der Waals surface area contributed by atoms with E-state index in [1.54, 1.807) is 6.07 Å². The maximum Gasteiger partial charge on any atom is 0.413 e. The van der Waals surface area contributed by atoms with Crippen molar-refractivity contribution < 1.29 is 9.90 Å². The minimum Gasteiger partial charge on any atom is -0.465 e. The first kappa shape index (κ1) is 17.4. The van der Waals surface area contributed by atoms with Gasteiger partial charge in [0.1, 0.15) is 5.82 Å². The summed E-state index contributed by atoms with van der Waals surface area (Å²) >= 11 is 0. The molecule has 0 aliphatic carbocycles. The molecule has 132 valence electrons. The van der Waals surface area contributed by atoms with Gasteiger partial charge in [-0.25, -0.2) is 9.78 Å². The minimum absolute atomic E-state index is 0.254. The third kappa shape index (κ3) is 3.97. The van der Waals surface area contributed by atoms with Crippen LogP contribution in [0.1, 0.15) is 13.8 Å². The highest BCUT2D eigenvalue weighted by molar-refractivity contribution is 5.86. The Kier molecular flexibility index (Phi) is 5.12. The van der Waals surface area contributed by atoms with Crippen LogP contribution in [0, 0.1) is 0 Å². The van der Waals surface area contributed by atoms with Gasteiger partial charge in [-0.05, 0) is 26.0 Å². The van der Waals surface area contributed by atoms with Crippen LogP contribution in [0.2, 0.25) is 0 Å². The van der Waals surface area contributed by atoms with Gasteiger partial charge >= 0.3 is 6.09 Å². The molecule has 3 aromatic rings. The topological polar surface area (TPSA) is 78.4 Å². The number of carbonyl (C=O) groups is 1. The molecule has 26 heavy (non-hydrogen) atoms. The third-order valence-electron chi connectivity index (χ3n) is 3.78. The van der Waals surface area contributed by atoms with E-state index in [4.69, 9.17) is 0 Å². The number of hydrogen-bond acceptors (Lipinski definition) is 4. The lowest BCUT2D eigenvalue weighted by atomic mass is 10.1. The number of benzene rings is 2. The van der Waals surface area contributed by atoms with Crippen molar-refractivity contribution in [2.45, 2.75) is 19.9 Å². The van der Waals surface area contributed by atoms with Crippen molar-refractivity contribution in [1.82, 2.24) is 9.97 Å². The zero-order valence-electron chi connectivity index (χ0n) is 14.6. The van der Waals surface area contributed by atoms with E-state index in [1.165, 1.54) is 4.90 Å². The molecule has 1 amide bonds. The van der Waals surface area contributed by atoms with Gasteiger partial charge in [0.15, 0.2) is 0 Å². The zero-order chi connectivity index (χ0) is 18.5. The van der Waals surface area contributed by atoms with Crippen LogP contribution in [-0.4, -0.2) is 27.2 Å². The largest absolute Gasteiger partial charge is 0.465 e. The van der Waals surface area contributed by atoms with Gasteiger partial charge in [0.05, 0.1) is 5.69 Å². The summed E-state index contributed by atoms with van der Waals surface area (Å²) in [4.78, 5) is 21.9. The number of anilines is 3. The smallest absolute Gasteiger partial charge is 0.413 e. The van der Waals surface area contributed by atoms with Gasteiger partial charge < -0.3 is 10.4 Å². The standard InChI is InChI=1S/C20H20N4O2/c1-14(2)24(20(25)26)18-13-17(15-9-5-3-6-10-15)22-19(23-18)21-16-11-7-4-8-12-16/h3-14H,1-2H3,(H,25,26)(H,21,22,23). The van der Waals surface area contributed by atoms with Gasteiger partial charge in [0, 0.05) is 23.4 Å². The number of nitrogens with one attached hydrogen (secondary N) is 1. The molecule has 2 aromatic carbocycles. The number of nitrogens with zero attached hydrogens (tertiary/aromatic N) is 3. The second kappa shape index (κ2) is 7.65. The summed E-state index contributed by atoms with van der Waals surface area (Å²) in [5.74, 6) is 0.680. The molecule has 0 aliphatic rings. The van der Waals surface area contributed by atoms with Crippen molar-refractivity contribution in [2.24, 2.45) is 0 Å². The van der Waals surface area contributed by atoms with E-state index >= 15 is 0 Å². The summed E-state index contributed by atoms with van der Waals surface area (Å²) in [6.45, 7) is 3.62. The van der Waals surface area contributed by atoms with Crippen molar-refractivity contribution >= 4 is 23.5 Å². The molecule has 1 aromatic heterocycles. The maximum atomic E-state index is 11.7. The fraction of sp³-hybridized carbons (Fsp3) is 0.150. The molecule has 0 saturated carbocycles. The van der Waals surface area contributed by atoms with E-state index in [0.29, 0.717) is 17.5 Å². The van der Waals surface area contributed by atoms with Gasteiger partial charge in [0.2, 0.25) is 5.95 Å². The molecule has 0 spiro atoms. The summed E-state index contributed by atoms with van der Waals surface area (Å²) in [6, 6.07) is 20.6. The normalized spacial score (nSPS) is 10.6. The Balaban J connectivity index is 2.09. The average Bonchev–Trinajstić information content (AvgIpc) is 2.62. The van der Waals surface area contributed by atoms with E-state index in [0.717, 1.165) is 11.3 Å². The lowest BCUT2D eigenvalue weighted by Crippen LogP contribution is -2.36. The molecule has 6 heteroatoms. The van der Waals surface area contributed by atoms with E-state index in [2.05, 4.69) is 15.3 Å². The quantitative estimate of drug-likeness (QED) is 0.694. The lowest BCUT2D eigenvalue weighted by Gasteiger charge is -2.23. The van der Waals surface area contributed by atoms with Crippen LogP contribution in [-0.2, 0) is 0 Å². The highest BCUT2D eigenvalue weighted by atomic mass is 16.4. The molecular weight excluding hydrogens is 328 g/mol. The first-order valence-corrected chi connectivity index (χ1v) is 8.33. The Hall–Kier alpha value is -3.41. The Labute approximate surface area is 152 Å². The SMILES string of the molecule is CC(C)N(C(=O)O)c1cc(-c2ccccc2)nc(Nc2ccccc2)n1. The highest BCUT2D eigenvalue weighted by Gasteiger charge is 2.21. The summed E-state index contributed by atoms with van der Waals surface area (Å²) in [5, 5.41) is 12.7. The Morgan fingerprint density at radius 2 is 1.62 bits per heavy atom. The van der Waals surface area contributed by atoms with Crippen molar-refractivity contribution in [3.8, 4) is 11.3 Å². The number of para-hydroxylation sites is 1. The number of rotatable bonds is 5. The molecule has 2 N–H and O–H groups in total. The van der Waals surface area contributed by atoms with E-state index in [1.807, 2.05) is 74.5 Å². The second-order valence-electron chi connectivity index (χ2n) is 6.04. The van der Waals surface area contributed by atoms with Crippen LogP contribution >= 0.6 is 0 Å². The summed E-state index contributed by atoms with van der Waals surface area (Å²) in [7, 11) is 0. The summed E-state index contributed by atoms with van der Waals surface area (Å²) in [6.07, 6.45) is -1.05. The maximum absolute atomic E-state index is 11.7. The number of aromatic nitrogens is 2. The van der Waals surface area contributed by atoms with Crippen LogP contribution in [0.4, 0.5) is 22.2 Å². The van der Waals surface area contributed by atoms with E-state index in [-0.39, 0.29) is 6.04 Å². The first-order valence-electron chi connectivity index (χ1n) is 8.33. The van der Waals surface area contributed by atoms with E-state index in [9.17, 15) is 9.90 Å². The molecule has 0 bridgehead atoms. The second-order valence-corrected chi connectivity index (χ2v) is 6.04. The van der Waals surface area contributed by atoms with Crippen molar-refractivity contribution in [2.75, 3.05) is 10.2 Å². The van der Waals surface area contributed by atoms with Gasteiger partial charge in [-0.1, -0.05) is 48.5 Å². The van der Waals surface area contributed by atoms with Crippen LogP contribution in [0.3, 0.4) is 0 Å². The van der Waals surface area contributed by atoms with Crippen LogP contribution in [0.5, 0.6) is 0 Å². The van der Waals surface area contributed by atoms with Crippen molar-refractivity contribution in [3.63, 3.8) is 0 Å². The molecule has 0 atom stereocenters. The monoisotopic (exact) mass is 348 g/mol. The molecule has 0 fully saturated rings. The molecular formula is C20H20N4O2. The molecule has 0 saturated heterocycles. The van der Waals surface area contributed by atoms with Crippen LogP contribution in [0.25, 0.3) is 11.3 Å². The highest BCUT2D eigenvalue weighted by Crippen LogP contribution is 2.26. The van der Waals surface area contributed by atoms with Gasteiger partial charge in [-0.2, -0.15) is 4.98 Å². The third-order valence-corrected chi connectivity index (χ3v) is 3.78. The molecule has 0 aliphatic heterocycles. The first-order chi connectivity index (χ1) is 12.5. The zero-order valence-corrected chi connectivity index (χ0v) is 14.6. The summed E-state index contributed by atoms with van der Waals surface area (Å²) < 4.78 is 0. The minimum atomic E-state index is -1.05. The van der Waals surface area contributed by atoms with Gasteiger partial charge in [-0.15, -0.1) is 0 Å². The Bertz CT molecular complexity index is 883. The Morgan fingerprint density at radius 1 is 1.00 bits per heavy atom. The molecule has 3 rings (SSSR count). The van der Waals surface area contributed by atoms with Crippen molar-refractivity contribution in [3.05, 3.63) is 66.7 Å². The van der Waals surface area contributed by atoms with Crippen LogP contribution < -0.4 is 10.2 Å². The number of amides is 1. The van der Waals surface area contributed by atoms with E-state index < -0.39 is 6.09 Å². The Morgan fingerprint density at radius 3 is 2.19 bits per heavy atom. The lowest BCUT2D eigenvalue weighted by molar-refractivity contribution is 0.200. The number of hydrogen-bond donors (Lipinski definition) is 2. The summed E-state index contributed by atoms with van der Waals surface area (Å²) in [5.41, 5.74) is 2.37.